The van der Waals surface area contributed by atoms with Gasteiger partial charge in [0.15, 0.2) is 6.10 Å². The zero-order valence-electron chi connectivity index (χ0n) is 41.5. The number of ether oxygens (including phenoxy) is 3. The lowest BCUT2D eigenvalue weighted by Gasteiger charge is -2.18. The molecule has 364 valence electrons. The number of unbranched alkanes of at least 4 members (excludes halogenated alkanes) is 19. The summed E-state index contributed by atoms with van der Waals surface area (Å²) in [5, 5.41) is 0. The fourth-order valence-corrected chi connectivity index (χ4v) is 6.89. The maximum atomic E-state index is 12.7. The molecule has 0 saturated carbocycles. The standard InChI is InChI=1S/C58H96O6/c1-4-7-10-13-16-19-21-23-24-25-26-27-28-29-30-31-32-33-34-35-37-39-42-45-48-51-57(60)63-54-55(53-62-56(59)50-47-44-41-38-18-15-12-9-6-3)64-58(61)52-49-46-43-40-36-22-20-17-14-11-8-5-2/h7,10,16-17,19-20,23-24,26-27,29-30,32-33,35,37,55H,4-6,8-9,11-15,18,21-22,25,28,31,34,36,38-54H2,1-3H3/b10-7-,19-16-,20-17-,24-23-,27-26-,30-29-,33-32-,37-35-. The van der Waals surface area contributed by atoms with E-state index < -0.39 is 6.10 Å². The second kappa shape index (κ2) is 52.0. The Morgan fingerprint density at radius 3 is 1.02 bits per heavy atom. The van der Waals surface area contributed by atoms with E-state index in [-0.39, 0.29) is 31.1 Å². The summed E-state index contributed by atoms with van der Waals surface area (Å²) in [4.78, 5) is 37.8. The van der Waals surface area contributed by atoms with Crippen molar-refractivity contribution in [2.75, 3.05) is 13.2 Å². The van der Waals surface area contributed by atoms with Crippen molar-refractivity contribution in [3.8, 4) is 0 Å². The van der Waals surface area contributed by atoms with E-state index in [1.54, 1.807) is 0 Å². The van der Waals surface area contributed by atoms with Crippen LogP contribution in [0.25, 0.3) is 0 Å². The Labute approximate surface area is 394 Å². The van der Waals surface area contributed by atoms with Crippen LogP contribution < -0.4 is 0 Å². The summed E-state index contributed by atoms with van der Waals surface area (Å²) in [5.41, 5.74) is 0. The molecule has 0 aromatic heterocycles. The molecule has 0 heterocycles. The van der Waals surface area contributed by atoms with Gasteiger partial charge in [0.1, 0.15) is 13.2 Å². The Balaban J connectivity index is 4.34. The van der Waals surface area contributed by atoms with Crippen molar-refractivity contribution in [3.05, 3.63) is 97.2 Å². The third-order valence-corrected chi connectivity index (χ3v) is 10.8. The van der Waals surface area contributed by atoms with Crippen LogP contribution in [0.1, 0.15) is 233 Å². The second-order valence-electron chi connectivity index (χ2n) is 17.1. The number of carbonyl (C=O) groups is 3. The van der Waals surface area contributed by atoms with E-state index in [4.69, 9.17) is 14.2 Å². The predicted octanol–water partition coefficient (Wildman–Crippen LogP) is 17.4. The minimum atomic E-state index is -0.793. The molecule has 0 aliphatic rings. The van der Waals surface area contributed by atoms with Crippen LogP contribution in [-0.2, 0) is 28.6 Å². The number of rotatable bonds is 46. The normalized spacial score (nSPS) is 12.9. The lowest BCUT2D eigenvalue weighted by Crippen LogP contribution is -2.30. The SMILES string of the molecule is CC/C=C\C/C=C\C/C=C\C/C=C\C/C=C\C/C=C\C/C=C\CCCCCC(=O)OCC(COC(=O)CCCCCCCCCCC)OC(=O)CCCCCCC/C=C\CCCCC. The highest BCUT2D eigenvalue weighted by Gasteiger charge is 2.19. The van der Waals surface area contributed by atoms with Crippen molar-refractivity contribution in [2.24, 2.45) is 0 Å². The Bertz CT molecular complexity index is 1300. The summed E-state index contributed by atoms with van der Waals surface area (Å²) in [6, 6.07) is 0. The first-order valence-corrected chi connectivity index (χ1v) is 26.2. The van der Waals surface area contributed by atoms with E-state index in [0.29, 0.717) is 19.3 Å². The summed E-state index contributed by atoms with van der Waals surface area (Å²) in [6.07, 6.45) is 68.3. The average molecular weight is 889 g/mol. The Morgan fingerprint density at radius 2 is 0.609 bits per heavy atom. The molecular formula is C58H96O6. The van der Waals surface area contributed by atoms with Crippen LogP contribution in [0.15, 0.2) is 97.2 Å². The molecule has 0 bridgehead atoms. The fraction of sp³-hybridized carbons (Fsp3) is 0.672. The first kappa shape index (κ1) is 60.3. The zero-order chi connectivity index (χ0) is 46.5. The van der Waals surface area contributed by atoms with Gasteiger partial charge in [-0.25, -0.2) is 0 Å². The van der Waals surface area contributed by atoms with Crippen LogP contribution in [0, 0.1) is 0 Å². The molecule has 0 aromatic carbocycles. The van der Waals surface area contributed by atoms with Gasteiger partial charge in [0.2, 0.25) is 0 Å². The van der Waals surface area contributed by atoms with Crippen LogP contribution in [0.3, 0.4) is 0 Å². The molecule has 0 aliphatic heterocycles. The number of hydrogen-bond donors (Lipinski definition) is 0. The first-order valence-electron chi connectivity index (χ1n) is 26.2. The fourth-order valence-electron chi connectivity index (χ4n) is 6.89. The van der Waals surface area contributed by atoms with E-state index in [9.17, 15) is 14.4 Å². The third-order valence-electron chi connectivity index (χ3n) is 10.8. The molecule has 0 fully saturated rings. The topological polar surface area (TPSA) is 78.9 Å². The molecule has 0 aromatic rings. The number of carbonyl (C=O) groups excluding carboxylic acids is 3. The lowest BCUT2D eigenvalue weighted by molar-refractivity contribution is -0.167. The van der Waals surface area contributed by atoms with Crippen LogP contribution in [0.4, 0.5) is 0 Å². The minimum absolute atomic E-state index is 0.0911. The highest BCUT2D eigenvalue weighted by atomic mass is 16.6. The highest BCUT2D eigenvalue weighted by molar-refractivity contribution is 5.71. The van der Waals surface area contributed by atoms with Gasteiger partial charge in [-0.2, -0.15) is 0 Å². The molecule has 0 aliphatic carbocycles. The molecule has 1 atom stereocenters. The number of hydrogen-bond acceptors (Lipinski definition) is 6. The molecule has 0 amide bonds. The van der Waals surface area contributed by atoms with Gasteiger partial charge < -0.3 is 14.2 Å². The van der Waals surface area contributed by atoms with Crippen molar-refractivity contribution < 1.29 is 28.6 Å². The van der Waals surface area contributed by atoms with Crippen molar-refractivity contribution in [1.29, 1.82) is 0 Å². The van der Waals surface area contributed by atoms with E-state index in [2.05, 4.69) is 118 Å². The summed E-state index contributed by atoms with van der Waals surface area (Å²) >= 11 is 0. The third kappa shape index (κ3) is 49.3. The molecule has 1 unspecified atom stereocenters. The van der Waals surface area contributed by atoms with Crippen molar-refractivity contribution >= 4 is 17.9 Å². The predicted molar refractivity (Wildman–Crippen MR) is 274 cm³/mol. The van der Waals surface area contributed by atoms with Gasteiger partial charge in [0.05, 0.1) is 0 Å². The molecule has 0 radical (unpaired) electrons. The maximum absolute atomic E-state index is 12.7. The maximum Gasteiger partial charge on any atom is 0.306 e. The Kier molecular flexibility index (Phi) is 49.0. The second-order valence-corrected chi connectivity index (χ2v) is 17.1. The summed E-state index contributed by atoms with van der Waals surface area (Å²) in [6.45, 7) is 6.43. The van der Waals surface area contributed by atoms with Gasteiger partial charge in [-0.1, -0.05) is 208 Å². The first-order chi connectivity index (χ1) is 31.5. The van der Waals surface area contributed by atoms with Crippen molar-refractivity contribution in [1.82, 2.24) is 0 Å². The smallest absolute Gasteiger partial charge is 0.306 e. The van der Waals surface area contributed by atoms with Crippen LogP contribution in [-0.4, -0.2) is 37.2 Å². The van der Waals surface area contributed by atoms with Gasteiger partial charge in [-0.15, -0.1) is 0 Å². The summed E-state index contributed by atoms with van der Waals surface area (Å²) < 4.78 is 16.7. The quantitative estimate of drug-likeness (QED) is 0.0262. The van der Waals surface area contributed by atoms with Gasteiger partial charge in [0.25, 0.3) is 0 Å². The van der Waals surface area contributed by atoms with Gasteiger partial charge in [-0.3, -0.25) is 14.4 Å². The molecule has 0 saturated heterocycles. The van der Waals surface area contributed by atoms with E-state index in [1.807, 2.05) is 0 Å². The van der Waals surface area contributed by atoms with Gasteiger partial charge >= 0.3 is 17.9 Å². The van der Waals surface area contributed by atoms with Crippen molar-refractivity contribution in [2.45, 2.75) is 239 Å². The molecule has 6 nitrogen and oxygen atoms in total. The van der Waals surface area contributed by atoms with Crippen LogP contribution >= 0.6 is 0 Å². The summed E-state index contributed by atoms with van der Waals surface area (Å²) in [5.74, 6) is -0.941. The summed E-state index contributed by atoms with van der Waals surface area (Å²) in [7, 11) is 0. The van der Waals surface area contributed by atoms with Crippen LogP contribution in [0.2, 0.25) is 0 Å². The van der Waals surface area contributed by atoms with Crippen LogP contribution in [0.5, 0.6) is 0 Å². The molecule has 64 heavy (non-hydrogen) atoms. The average Bonchev–Trinajstić information content (AvgIpc) is 3.29. The molecule has 0 spiro atoms. The lowest BCUT2D eigenvalue weighted by atomic mass is 10.1. The molecule has 0 N–H and O–H groups in total. The number of allylic oxidation sites excluding steroid dienone is 16. The van der Waals surface area contributed by atoms with Gasteiger partial charge in [-0.05, 0) is 103 Å². The van der Waals surface area contributed by atoms with Gasteiger partial charge in [0, 0.05) is 19.3 Å². The van der Waals surface area contributed by atoms with E-state index >= 15 is 0 Å². The molecular weight excluding hydrogens is 793 g/mol. The molecule has 6 heteroatoms. The largest absolute Gasteiger partial charge is 0.462 e. The van der Waals surface area contributed by atoms with E-state index in [1.165, 1.54) is 70.6 Å². The van der Waals surface area contributed by atoms with Crippen molar-refractivity contribution in [3.63, 3.8) is 0 Å². The Hall–Kier alpha value is -3.67. The zero-order valence-corrected chi connectivity index (χ0v) is 41.5. The monoisotopic (exact) mass is 889 g/mol. The minimum Gasteiger partial charge on any atom is -0.462 e. The highest BCUT2D eigenvalue weighted by Crippen LogP contribution is 2.13. The van der Waals surface area contributed by atoms with E-state index in [0.717, 1.165) is 122 Å². The number of esters is 3. The molecule has 0 rings (SSSR count). The Morgan fingerprint density at radius 1 is 0.328 bits per heavy atom.